The lowest BCUT2D eigenvalue weighted by molar-refractivity contribution is -0.942. The second-order valence-electron chi connectivity index (χ2n) is 7.12. The molecule has 138 valence electrons. The molecule has 2 N–H and O–H groups in total. The minimum absolute atomic E-state index is 0.0537. The number of quaternary nitrogens is 1. The quantitative estimate of drug-likeness (QED) is 0.707. The molecule has 2 atom stereocenters. The lowest BCUT2D eigenvalue weighted by atomic mass is 10.0. The van der Waals surface area contributed by atoms with E-state index in [2.05, 4.69) is 11.9 Å². The Kier molecular flexibility index (Phi) is 5.10. The van der Waals surface area contributed by atoms with Gasteiger partial charge in [0.15, 0.2) is 17.0 Å². The zero-order valence-corrected chi connectivity index (χ0v) is 15.3. The number of hydrogen-bond acceptors (Lipinski definition) is 4. The zero-order valence-electron chi connectivity index (χ0n) is 15.3. The average Bonchev–Trinajstić information content (AvgIpc) is 2.96. The van der Waals surface area contributed by atoms with Gasteiger partial charge in [0, 0.05) is 27.2 Å². The van der Waals surface area contributed by atoms with E-state index in [0.717, 1.165) is 23.5 Å². The Morgan fingerprint density at radius 3 is 2.68 bits per heavy atom. The van der Waals surface area contributed by atoms with Gasteiger partial charge in [-0.15, -0.1) is 0 Å². The van der Waals surface area contributed by atoms with Gasteiger partial charge in [-0.2, -0.15) is 0 Å². The Morgan fingerprint density at radius 2 is 2.00 bits per heavy atom. The molecule has 1 saturated heterocycles. The number of nitrogens with zero attached hydrogens (tertiary/aromatic N) is 4. The van der Waals surface area contributed by atoms with E-state index in [1.165, 1.54) is 35.8 Å². The van der Waals surface area contributed by atoms with Crippen LogP contribution in [0.1, 0.15) is 38.4 Å². The molecule has 3 heterocycles. The third-order valence-electron chi connectivity index (χ3n) is 5.43. The van der Waals surface area contributed by atoms with E-state index in [1.807, 2.05) is 4.57 Å². The molecule has 0 radical (unpaired) electrons. The molecule has 0 saturated carbocycles. The van der Waals surface area contributed by atoms with E-state index < -0.39 is 0 Å². The number of aryl methyl sites for hydroxylation is 2. The van der Waals surface area contributed by atoms with E-state index >= 15 is 0 Å². The Morgan fingerprint density at radius 1 is 1.24 bits per heavy atom. The molecular weight excluding hydrogens is 322 g/mol. The Hall–Kier alpha value is -1.93. The minimum Gasteiger partial charge on any atom is -0.396 e. The number of hydrogen-bond donors (Lipinski definition) is 2. The molecule has 2 aromatic rings. The van der Waals surface area contributed by atoms with E-state index in [4.69, 9.17) is 0 Å². The SMILES string of the molecule is C[C@@H]1CCCC[NH+]1Cc1nc2c(c(=O)n(C)c(=O)n2C)n1CCCO. The van der Waals surface area contributed by atoms with Crippen molar-refractivity contribution in [1.29, 1.82) is 0 Å². The third-order valence-corrected chi connectivity index (χ3v) is 5.43. The largest absolute Gasteiger partial charge is 0.396 e. The first-order valence-electron chi connectivity index (χ1n) is 9.06. The monoisotopic (exact) mass is 350 g/mol. The lowest BCUT2D eigenvalue weighted by Crippen LogP contribution is -3.15. The molecule has 1 aliphatic heterocycles. The molecule has 2 aromatic heterocycles. The number of rotatable bonds is 5. The number of imidazole rings is 1. The van der Waals surface area contributed by atoms with Crippen LogP contribution in [-0.4, -0.2) is 43.0 Å². The van der Waals surface area contributed by atoms with Crippen molar-refractivity contribution in [3.8, 4) is 0 Å². The minimum atomic E-state index is -0.366. The van der Waals surface area contributed by atoms with Crippen molar-refractivity contribution >= 4 is 11.2 Å². The summed E-state index contributed by atoms with van der Waals surface area (Å²) in [5.41, 5.74) is 0.202. The maximum Gasteiger partial charge on any atom is 0.332 e. The summed E-state index contributed by atoms with van der Waals surface area (Å²) in [6.45, 7) is 4.67. The maximum absolute atomic E-state index is 12.7. The molecule has 0 spiro atoms. The van der Waals surface area contributed by atoms with Crippen molar-refractivity contribution < 1.29 is 10.0 Å². The van der Waals surface area contributed by atoms with Crippen molar-refractivity contribution in [2.24, 2.45) is 14.1 Å². The molecule has 0 bridgehead atoms. The van der Waals surface area contributed by atoms with Crippen LogP contribution in [0, 0.1) is 0 Å². The van der Waals surface area contributed by atoms with Gasteiger partial charge in [-0.25, -0.2) is 9.78 Å². The van der Waals surface area contributed by atoms with Gasteiger partial charge in [-0.3, -0.25) is 13.9 Å². The van der Waals surface area contributed by atoms with Crippen molar-refractivity contribution in [1.82, 2.24) is 18.7 Å². The van der Waals surface area contributed by atoms with Crippen molar-refractivity contribution in [3.05, 3.63) is 26.7 Å². The smallest absolute Gasteiger partial charge is 0.332 e. The second-order valence-corrected chi connectivity index (χ2v) is 7.12. The Bertz CT molecular complexity index is 879. The molecule has 0 aliphatic carbocycles. The summed E-state index contributed by atoms with van der Waals surface area (Å²) in [5, 5.41) is 9.24. The summed E-state index contributed by atoms with van der Waals surface area (Å²) < 4.78 is 4.46. The van der Waals surface area contributed by atoms with Crippen LogP contribution in [0.25, 0.3) is 11.2 Å². The summed E-state index contributed by atoms with van der Waals surface area (Å²) in [7, 11) is 3.14. The number of aromatic nitrogens is 4. The van der Waals surface area contributed by atoms with E-state index in [9.17, 15) is 14.7 Å². The van der Waals surface area contributed by atoms with Gasteiger partial charge in [-0.05, 0) is 32.6 Å². The summed E-state index contributed by atoms with van der Waals surface area (Å²) in [6.07, 6.45) is 4.22. The first-order valence-corrected chi connectivity index (χ1v) is 9.06. The first-order chi connectivity index (χ1) is 12.0. The predicted molar refractivity (Wildman–Crippen MR) is 94.8 cm³/mol. The van der Waals surface area contributed by atoms with Crippen LogP contribution in [0.2, 0.25) is 0 Å². The summed E-state index contributed by atoms with van der Waals surface area (Å²) in [5.74, 6) is 0.825. The molecule has 3 rings (SSSR count). The fraction of sp³-hybridized carbons (Fsp3) is 0.706. The van der Waals surface area contributed by atoms with E-state index in [1.54, 1.807) is 7.05 Å². The summed E-state index contributed by atoms with van der Waals surface area (Å²) >= 11 is 0. The third kappa shape index (κ3) is 3.16. The highest BCUT2D eigenvalue weighted by Gasteiger charge is 2.26. The van der Waals surface area contributed by atoms with Gasteiger partial charge in [0.1, 0.15) is 6.54 Å². The standard InChI is InChI=1S/C17H27N5O3/c1-12-7-4-5-8-21(12)11-13-18-15-14(22(13)9-6-10-23)16(24)20(3)17(25)19(15)2/h12,23H,4-11H2,1-3H3/p+1/t12-/m1/s1. The second kappa shape index (κ2) is 7.13. The predicted octanol–water partition coefficient (Wildman–Crippen LogP) is -1.23. The van der Waals surface area contributed by atoms with Crippen LogP contribution in [0.15, 0.2) is 9.59 Å². The van der Waals surface area contributed by atoms with Crippen LogP contribution in [-0.2, 0) is 27.2 Å². The van der Waals surface area contributed by atoms with Crippen LogP contribution in [0.3, 0.4) is 0 Å². The molecule has 25 heavy (non-hydrogen) atoms. The van der Waals surface area contributed by atoms with Crippen molar-refractivity contribution in [2.75, 3.05) is 13.2 Å². The number of aliphatic hydroxyl groups excluding tert-OH is 1. The van der Waals surface area contributed by atoms with Gasteiger partial charge in [0.25, 0.3) is 5.56 Å². The Balaban J connectivity index is 2.13. The van der Waals surface area contributed by atoms with Crippen molar-refractivity contribution in [3.63, 3.8) is 0 Å². The van der Waals surface area contributed by atoms with Gasteiger partial charge in [0.05, 0.1) is 12.6 Å². The van der Waals surface area contributed by atoms with Crippen LogP contribution < -0.4 is 16.1 Å². The van der Waals surface area contributed by atoms with Crippen LogP contribution in [0.5, 0.6) is 0 Å². The number of nitrogens with one attached hydrogen (secondary N) is 1. The van der Waals surface area contributed by atoms with Crippen molar-refractivity contribution in [2.45, 2.75) is 51.7 Å². The normalized spacial score (nSPS) is 21.1. The van der Waals surface area contributed by atoms with Gasteiger partial charge in [-0.1, -0.05) is 0 Å². The molecular formula is C17H28N5O3+. The van der Waals surface area contributed by atoms with Gasteiger partial charge in [0.2, 0.25) is 0 Å². The molecule has 1 unspecified atom stereocenters. The van der Waals surface area contributed by atoms with Crippen LogP contribution >= 0.6 is 0 Å². The number of fused-ring (bicyclic) bond motifs is 1. The highest BCUT2D eigenvalue weighted by Crippen LogP contribution is 2.12. The summed E-state index contributed by atoms with van der Waals surface area (Å²) in [4.78, 5) is 31.0. The molecule has 1 fully saturated rings. The van der Waals surface area contributed by atoms with E-state index in [0.29, 0.717) is 30.2 Å². The van der Waals surface area contributed by atoms with E-state index in [-0.39, 0.29) is 17.9 Å². The van der Waals surface area contributed by atoms with Gasteiger partial charge < -0.3 is 14.6 Å². The Labute approximate surface area is 146 Å². The maximum atomic E-state index is 12.7. The average molecular weight is 350 g/mol. The first kappa shape index (κ1) is 17.9. The fourth-order valence-electron chi connectivity index (χ4n) is 3.82. The number of aliphatic hydroxyl groups is 1. The molecule has 8 heteroatoms. The number of likely N-dealkylation sites (tertiary alicyclic amines) is 1. The highest BCUT2D eigenvalue weighted by atomic mass is 16.3. The zero-order chi connectivity index (χ0) is 18.1. The molecule has 0 amide bonds. The van der Waals surface area contributed by atoms with Crippen LogP contribution in [0.4, 0.5) is 0 Å². The lowest BCUT2D eigenvalue weighted by Gasteiger charge is -2.30. The van der Waals surface area contributed by atoms with Gasteiger partial charge >= 0.3 is 5.69 Å². The number of piperidine rings is 1. The topological polar surface area (TPSA) is 86.5 Å². The molecule has 0 aromatic carbocycles. The molecule has 8 nitrogen and oxygen atoms in total. The summed E-state index contributed by atoms with van der Waals surface area (Å²) in [6, 6.07) is 0.562. The molecule has 1 aliphatic rings. The highest BCUT2D eigenvalue weighted by molar-refractivity contribution is 5.71. The fourth-order valence-corrected chi connectivity index (χ4v) is 3.82.